The summed E-state index contributed by atoms with van der Waals surface area (Å²) in [4.78, 5) is 3.94. The van der Waals surface area contributed by atoms with Crippen LogP contribution in [0.5, 0.6) is 11.5 Å². The van der Waals surface area contributed by atoms with Crippen LogP contribution in [0.25, 0.3) is 4.85 Å². The van der Waals surface area contributed by atoms with Gasteiger partial charge in [-0.1, -0.05) is 6.42 Å². The van der Waals surface area contributed by atoms with E-state index >= 15 is 0 Å². The Labute approximate surface area is 109 Å². The molecule has 0 aromatic heterocycles. The number of rotatable bonds is 3. The second-order valence-electron chi connectivity index (χ2n) is 4.81. The Morgan fingerprint density at radius 3 is 2.00 bits per heavy atom. The second-order valence-corrected chi connectivity index (χ2v) is 4.81. The Balaban J connectivity index is 2.44. The highest BCUT2D eigenvalue weighted by Crippen LogP contribution is 2.43. The lowest BCUT2D eigenvalue weighted by Crippen LogP contribution is -2.25. The first-order valence-electron chi connectivity index (χ1n) is 6.36. The zero-order chi connectivity index (χ0) is 13.0. The number of methoxy groups -OCH3 is 2. The van der Waals surface area contributed by atoms with Crippen molar-refractivity contribution in [1.82, 2.24) is 0 Å². The van der Waals surface area contributed by atoms with Crippen LogP contribution < -0.4 is 9.47 Å². The summed E-state index contributed by atoms with van der Waals surface area (Å²) >= 11 is 0. The predicted molar refractivity (Wildman–Crippen MR) is 70.9 cm³/mol. The molecule has 0 aliphatic heterocycles. The molecule has 0 heterocycles. The molecular weight excluding hydrogens is 226 g/mol. The molecule has 1 fully saturated rings. The minimum atomic E-state index is -0.375. The van der Waals surface area contributed by atoms with Crippen LogP contribution in [-0.4, -0.2) is 14.2 Å². The summed E-state index contributed by atoms with van der Waals surface area (Å²) < 4.78 is 10.6. The van der Waals surface area contributed by atoms with Gasteiger partial charge in [0.05, 0.1) is 14.2 Å². The maximum Gasteiger partial charge on any atom is 0.257 e. The maximum absolute atomic E-state index is 7.58. The number of ether oxygens (including phenoxy) is 2. The normalized spacial score (nSPS) is 17.8. The summed E-state index contributed by atoms with van der Waals surface area (Å²) in [5.41, 5.74) is 0.661. The van der Waals surface area contributed by atoms with Gasteiger partial charge in [0.25, 0.3) is 5.54 Å². The van der Waals surface area contributed by atoms with Gasteiger partial charge in [-0.2, -0.15) is 0 Å². The number of benzene rings is 1. The second kappa shape index (κ2) is 5.30. The summed E-state index contributed by atoms with van der Waals surface area (Å²) in [6.07, 6.45) is 5.36. The summed E-state index contributed by atoms with van der Waals surface area (Å²) in [7, 11) is 3.29. The molecule has 1 aliphatic carbocycles. The molecule has 1 aromatic carbocycles. The van der Waals surface area contributed by atoms with E-state index < -0.39 is 0 Å². The summed E-state index contributed by atoms with van der Waals surface area (Å²) in [5, 5.41) is 0. The van der Waals surface area contributed by atoms with E-state index in [4.69, 9.17) is 16.0 Å². The minimum absolute atomic E-state index is 0.375. The Bertz CT molecular complexity index is 434. The van der Waals surface area contributed by atoms with Gasteiger partial charge in [-0.25, -0.2) is 6.57 Å². The Kier molecular flexibility index (Phi) is 3.76. The Morgan fingerprint density at radius 2 is 1.56 bits per heavy atom. The van der Waals surface area contributed by atoms with Gasteiger partial charge in [0.1, 0.15) is 11.5 Å². The van der Waals surface area contributed by atoms with Gasteiger partial charge in [-0.3, -0.25) is 0 Å². The Morgan fingerprint density at radius 1 is 1.00 bits per heavy atom. The van der Waals surface area contributed by atoms with Crippen molar-refractivity contribution in [2.45, 2.75) is 37.6 Å². The first kappa shape index (κ1) is 12.8. The van der Waals surface area contributed by atoms with Crippen LogP contribution in [0.15, 0.2) is 18.2 Å². The molecule has 0 atom stereocenters. The van der Waals surface area contributed by atoms with E-state index in [1.165, 1.54) is 6.42 Å². The maximum atomic E-state index is 7.58. The standard InChI is InChI=1S/C15H19NO2/c1-16-15(7-5-4-6-8-15)12-9-13(17-2)11-14(10-12)18-3/h9-11H,4-8H2,2-3H3. The average Bonchev–Trinajstić information content (AvgIpc) is 2.47. The predicted octanol–water partition coefficient (Wildman–Crippen LogP) is 3.78. The molecule has 96 valence electrons. The van der Waals surface area contributed by atoms with Crippen molar-refractivity contribution in [3.63, 3.8) is 0 Å². The number of nitrogens with zero attached hydrogens (tertiary/aromatic N) is 1. The number of hydrogen-bond donors (Lipinski definition) is 0. The van der Waals surface area contributed by atoms with Gasteiger partial charge in [0.2, 0.25) is 0 Å². The van der Waals surface area contributed by atoms with Crippen LogP contribution in [0, 0.1) is 6.57 Å². The molecule has 1 saturated carbocycles. The van der Waals surface area contributed by atoms with Crippen molar-refractivity contribution >= 4 is 0 Å². The van der Waals surface area contributed by atoms with Crippen molar-refractivity contribution in [2.24, 2.45) is 0 Å². The topological polar surface area (TPSA) is 22.8 Å². The fourth-order valence-electron chi connectivity index (χ4n) is 2.68. The molecule has 0 unspecified atom stereocenters. The first-order chi connectivity index (χ1) is 8.74. The molecule has 0 radical (unpaired) electrons. The van der Waals surface area contributed by atoms with Crippen molar-refractivity contribution in [3.05, 3.63) is 35.2 Å². The molecule has 0 N–H and O–H groups in total. The highest BCUT2D eigenvalue weighted by Gasteiger charge is 2.40. The molecule has 0 amide bonds. The molecule has 3 nitrogen and oxygen atoms in total. The quantitative estimate of drug-likeness (QED) is 0.756. The monoisotopic (exact) mass is 245 g/mol. The lowest BCUT2D eigenvalue weighted by atomic mass is 9.77. The number of hydrogen-bond acceptors (Lipinski definition) is 2. The summed E-state index contributed by atoms with van der Waals surface area (Å²) in [6.45, 7) is 7.58. The lowest BCUT2D eigenvalue weighted by molar-refractivity contribution is 0.347. The van der Waals surface area contributed by atoms with Crippen molar-refractivity contribution in [3.8, 4) is 11.5 Å². The summed E-state index contributed by atoms with van der Waals surface area (Å²) in [5.74, 6) is 1.52. The third-order valence-electron chi connectivity index (χ3n) is 3.78. The van der Waals surface area contributed by atoms with Crippen LogP contribution >= 0.6 is 0 Å². The van der Waals surface area contributed by atoms with Crippen molar-refractivity contribution in [1.29, 1.82) is 0 Å². The third kappa shape index (κ3) is 2.28. The summed E-state index contributed by atoms with van der Waals surface area (Å²) in [6, 6.07) is 5.81. The Hall–Kier alpha value is -1.69. The van der Waals surface area contributed by atoms with E-state index in [-0.39, 0.29) is 5.54 Å². The molecular formula is C15H19NO2. The smallest absolute Gasteiger partial charge is 0.257 e. The highest BCUT2D eigenvalue weighted by molar-refractivity contribution is 5.43. The fraction of sp³-hybridized carbons (Fsp3) is 0.533. The van der Waals surface area contributed by atoms with Crippen LogP contribution in [-0.2, 0) is 5.54 Å². The largest absolute Gasteiger partial charge is 0.497 e. The van der Waals surface area contributed by atoms with Crippen LogP contribution in [0.4, 0.5) is 0 Å². The molecule has 1 aliphatic rings. The van der Waals surface area contributed by atoms with Gasteiger partial charge in [0.15, 0.2) is 0 Å². The van der Waals surface area contributed by atoms with Gasteiger partial charge in [-0.15, -0.1) is 0 Å². The van der Waals surface area contributed by atoms with E-state index in [1.807, 2.05) is 18.2 Å². The van der Waals surface area contributed by atoms with Gasteiger partial charge >= 0.3 is 0 Å². The minimum Gasteiger partial charge on any atom is -0.497 e. The molecule has 18 heavy (non-hydrogen) atoms. The average molecular weight is 245 g/mol. The van der Waals surface area contributed by atoms with Crippen LogP contribution in [0.3, 0.4) is 0 Å². The molecule has 0 saturated heterocycles. The molecule has 0 spiro atoms. The molecule has 2 rings (SSSR count). The molecule has 1 aromatic rings. The van der Waals surface area contributed by atoms with Crippen molar-refractivity contribution in [2.75, 3.05) is 14.2 Å². The van der Waals surface area contributed by atoms with E-state index in [0.717, 1.165) is 42.7 Å². The highest BCUT2D eigenvalue weighted by atomic mass is 16.5. The van der Waals surface area contributed by atoms with Gasteiger partial charge in [0, 0.05) is 24.5 Å². The van der Waals surface area contributed by atoms with Gasteiger partial charge in [-0.05, 0) is 25.0 Å². The SMILES string of the molecule is [C-]#[N+]C1(c2cc(OC)cc(OC)c2)CCCCC1. The zero-order valence-corrected chi connectivity index (χ0v) is 11.0. The van der Waals surface area contributed by atoms with E-state index in [9.17, 15) is 0 Å². The van der Waals surface area contributed by atoms with Crippen LogP contribution in [0.1, 0.15) is 37.7 Å². The first-order valence-corrected chi connectivity index (χ1v) is 6.36. The lowest BCUT2D eigenvalue weighted by Gasteiger charge is -2.27. The van der Waals surface area contributed by atoms with E-state index in [1.54, 1.807) is 14.2 Å². The van der Waals surface area contributed by atoms with E-state index in [2.05, 4.69) is 4.85 Å². The zero-order valence-electron chi connectivity index (χ0n) is 11.0. The fourth-order valence-corrected chi connectivity index (χ4v) is 2.68. The molecule has 0 bridgehead atoms. The van der Waals surface area contributed by atoms with Crippen LogP contribution in [0.2, 0.25) is 0 Å². The van der Waals surface area contributed by atoms with Gasteiger partial charge < -0.3 is 14.3 Å². The van der Waals surface area contributed by atoms with Crippen molar-refractivity contribution < 1.29 is 9.47 Å². The van der Waals surface area contributed by atoms with E-state index in [0.29, 0.717) is 0 Å². The molecule has 3 heteroatoms. The third-order valence-corrected chi connectivity index (χ3v) is 3.78.